The zero-order valence-electron chi connectivity index (χ0n) is 17.1. The van der Waals surface area contributed by atoms with E-state index in [9.17, 15) is 0 Å². The van der Waals surface area contributed by atoms with Crippen molar-refractivity contribution in [2.75, 3.05) is 0 Å². The molecule has 4 rings (SSSR count). The molecule has 2 aromatic rings. The second-order valence-electron chi connectivity index (χ2n) is 8.42. The third-order valence-electron chi connectivity index (χ3n) is 6.80. The van der Waals surface area contributed by atoms with E-state index in [1.165, 1.54) is 101 Å². The van der Waals surface area contributed by atoms with Crippen LogP contribution in [0.25, 0.3) is 20.5 Å². The summed E-state index contributed by atoms with van der Waals surface area (Å²) in [5.41, 5.74) is 8.78. The first-order chi connectivity index (χ1) is 13.0. The van der Waals surface area contributed by atoms with Crippen LogP contribution in [-0.2, 0) is 24.7 Å². The summed E-state index contributed by atoms with van der Waals surface area (Å²) in [6, 6.07) is 9.35. The molecule has 0 spiro atoms. The standard InChI is InChI=1S/C25H29Si.Zr/c1-16-12-23(17(2)18(3)25(16)26)22-11-7-10-21-14-20(15-24(21)22)13-19-8-5-4-6-9-19;/h7,10-13,15,19H,4-6,8-9H2,1-3,26H3;. The van der Waals surface area contributed by atoms with Gasteiger partial charge in [-0.05, 0) is 0 Å². The van der Waals surface area contributed by atoms with E-state index in [-0.39, 0.29) is 0 Å². The topological polar surface area (TPSA) is 0 Å². The molecule has 1 saturated carbocycles. The minimum atomic E-state index is 0.786. The Labute approximate surface area is 181 Å². The number of hydrogen-bond acceptors (Lipinski definition) is 0. The zero-order valence-corrected chi connectivity index (χ0v) is 21.5. The van der Waals surface area contributed by atoms with E-state index >= 15 is 0 Å². The van der Waals surface area contributed by atoms with E-state index in [4.69, 9.17) is 0 Å². The Morgan fingerprint density at radius 2 is 1.74 bits per heavy atom. The molecule has 0 N–H and O–H groups in total. The normalized spacial score (nSPS) is 18.7. The molecule has 2 aliphatic carbocycles. The van der Waals surface area contributed by atoms with Crippen LogP contribution in [0.4, 0.5) is 0 Å². The van der Waals surface area contributed by atoms with Crippen molar-refractivity contribution in [3.05, 3.63) is 63.0 Å². The summed E-state index contributed by atoms with van der Waals surface area (Å²) >= 11 is 1.54. The Hall–Kier alpha value is -0.980. The van der Waals surface area contributed by atoms with Gasteiger partial charge in [0.15, 0.2) is 0 Å². The van der Waals surface area contributed by atoms with Crippen LogP contribution in [0, 0.1) is 26.7 Å². The Morgan fingerprint density at radius 3 is 2.48 bits per heavy atom. The van der Waals surface area contributed by atoms with Crippen molar-refractivity contribution in [1.82, 2.24) is 0 Å². The van der Waals surface area contributed by atoms with Crippen molar-refractivity contribution >= 4 is 24.8 Å². The van der Waals surface area contributed by atoms with Gasteiger partial charge in [0.25, 0.3) is 0 Å². The number of aryl methyl sites for hydroxylation is 1. The van der Waals surface area contributed by atoms with Crippen molar-refractivity contribution in [2.24, 2.45) is 5.92 Å². The van der Waals surface area contributed by atoms with Crippen LogP contribution >= 0.6 is 0 Å². The molecule has 2 aromatic carbocycles. The van der Waals surface area contributed by atoms with Crippen LogP contribution in [0.5, 0.6) is 0 Å². The first-order valence-corrected chi connectivity index (χ1v) is 12.6. The second kappa shape index (κ2) is 7.80. The van der Waals surface area contributed by atoms with E-state index < -0.39 is 0 Å². The Bertz CT molecular complexity index is 1050. The molecule has 0 heterocycles. The van der Waals surface area contributed by atoms with Crippen molar-refractivity contribution in [2.45, 2.75) is 52.9 Å². The monoisotopic (exact) mass is 447 g/mol. The number of benzene rings is 2. The van der Waals surface area contributed by atoms with Gasteiger partial charge in [0.2, 0.25) is 0 Å². The van der Waals surface area contributed by atoms with Crippen LogP contribution in [0.1, 0.15) is 48.8 Å². The average molecular weight is 449 g/mol. The SMILES string of the molecule is Cc1cc(-c2cccc3c2=CC(=CC2CCCCC2)[C]=3[Zr])c(C)c(C)c1[SiH3]. The van der Waals surface area contributed by atoms with E-state index in [1.807, 2.05) is 0 Å². The van der Waals surface area contributed by atoms with Crippen molar-refractivity contribution in [3.63, 3.8) is 0 Å². The maximum atomic E-state index is 2.59. The molecule has 137 valence electrons. The van der Waals surface area contributed by atoms with Crippen molar-refractivity contribution in [1.29, 1.82) is 0 Å². The summed E-state index contributed by atoms with van der Waals surface area (Å²) in [4.78, 5) is 0. The molecule has 27 heavy (non-hydrogen) atoms. The summed E-state index contributed by atoms with van der Waals surface area (Å²) < 4.78 is 1.55. The second-order valence-corrected chi connectivity index (χ2v) is 10.7. The van der Waals surface area contributed by atoms with Gasteiger partial charge < -0.3 is 0 Å². The van der Waals surface area contributed by atoms with Crippen LogP contribution in [-0.4, -0.2) is 10.2 Å². The number of rotatable bonds is 2. The predicted octanol–water partition coefficient (Wildman–Crippen LogP) is 3.23. The van der Waals surface area contributed by atoms with Crippen molar-refractivity contribution in [3.8, 4) is 11.1 Å². The Morgan fingerprint density at radius 1 is 1.00 bits per heavy atom. The molecule has 2 aliphatic rings. The summed E-state index contributed by atoms with van der Waals surface area (Å²) in [5, 5.41) is 4.49. The van der Waals surface area contributed by atoms with Gasteiger partial charge in [0, 0.05) is 0 Å². The quantitative estimate of drug-likeness (QED) is 0.619. The number of allylic oxidation sites excluding steroid dienone is 2. The van der Waals surface area contributed by atoms with E-state index in [0.717, 1.165) is 16.2 Å². The Balaban J connectivity index is 1.88. The fourth-order valence-electron chi connectivity index (χ4n) is 4.73. The van der Waals surface area contributed by atoms with E-state index in [2.05, 4.69) is 57.2 Å². The number of fused-ring (bicyclic) bond motifs is 1. The molecule has 0 bridgehead atoms. The summed E-state index contributed by atoms with van der Waals surface area (Å²) in [5.74, 6) is 0.786. The summed E-state index contributed by atoms with van der Waals surface area (Å²) in [6.07, 6.45) is 12.1. The average Bonchev–Trinajstić information content (AvgIpc) is 3.00. The third kappa shape index (κ3) is 3.56. The van der Waals surface area contributed by atoms with E-state index in [1.54, 1.807) is 8.47 Å². The fourth-order valence-corrected chi connectivity index (χ4v) is 6.17. The summed E-state index contributed by atoms with van der Waals surface area (Å²) in [7, 11) is 1.13. The van der Waals surface area contributed by atoms with Crippen LogP contribution in [0.3, 0.4) is 0 Å². The van der Waals surface area contributed by atoms with Crippen molar-refractivity contribution < 1.29 is 24.7 Å². The van der Waals surface area contributed by atoms with Gasteiger partial charge in [0.05, 0.1) is 0 Å². The van der Waals surface area contributed by atoms with Gasteiger partial charge in [-0.15, -0.1) is 0 Å². The molecule has 2 heteroatoms. The van der Waals surface area contributed by atoms with Gasteiger partial charge in [-0.1, -0.05) is 0 Å². The molecule has 0 atom stereocenters. The van der Waals surface area contributed by atoms with Crippen LogP contribution < -0.4 is 15.6 Å². The van der Waals surface area contributed by atoms with Crippen LogP contribution in [0.2, 0.25) is 0 Å². The van der Waals surface area contributed by atoms with Gasteiger partial charge >= 0.3 is 182 Å². The third-order valence-corrected chi connectivity index (χ3v) is 9.71. The molecule has 0 nitrogen and oxygen atoms in total. The van der Waals surface area contributed by atoms with E-state index in [0.29, 0.717) is 0 Å². The molecule has 0 unspecified atom stereocenters. The Kier molecular flexibility index (Phi) is 5.59. The molecular formula is C25H29SiZr. The molecule has 0 radical (unpaired) electrons. The van der Waals surface area contributed by atoms with Gasteiger partial charge in [0.1, 0.15) is 0 Å². The first-order valence-electron chi connectivity index (χ1n) is 10.3. The summed E-state index contributed by atoms with van der Waals surface area (Å²) in [6.45, 7) is 6.89. The van der Waals surface area contributed by atoms with Gasteiger partial charge in [-0.3, -0.25) is 0 Å². The van der Waals surface area contributed by atoms with Crippen LogP contribution in [0.15, 0.2) is 35.9 Å². The zero-order chi connectivity index (χ0) is 19.1. The minimum absolute atomic E-state index is 0.786. The molecule has 0 saturated heterocycles. The maximum absolute atomic E-state index is 2.59. The van der Waals surface area contributed by atoms with Gasteiger partial charge in [-0.2, -0.15) is 0 Å². The molecular weight excluding hydrogens is 420 g/mol. The first kappa shape index (κ1) is 19.3. The molecule has 0 aromatic heterocycles. The predicted molar refractivity (Wildman–Crippen MR) is 117 cm³/mol. The van der Waals surface area contributed by atoms with Gasteiger partial charge in [-0.25, -0.2) is 0 Å². The fraction of sp³-hybridized carbons (Fsp3) is 0.360. The molecule has 1 fully saturated rings. The molecule has 0 amide bonds. The molecule has 0 aliphatic heterocycles. The number of hydrogen-bond donors (Lipinski definition) is 0.